The van der Waals surface area contributed by atoms with Crippen molar-refractivity contribution in [1.29, 1.82) is 0 Å². The highest BCUT2D eigenvalue weighted by atomic mass is 16.3. The fourth-order valence-corrected chi connectivity index (χ4v) is 2.26. The molecule has 0 bridgehead atoms. The second-order valence-corrected chi connectivity index (χ2v) is 4.52. The van der Waals surface area contributed by atoms with Crippen molar-refractivity contribution in [2.75, 3.05) is 26.2 Å². The number of aliphatic hydroxyl groups is 1. The molecule has 0 aromatic rings. The molecule has 0 unspecified atom stereocenters. The molecule has 3 heteroatoms. The standard InChI is InChI=1S/C10H20N2O/c11-6-8-5-9(8)7-12-3-1-10(13)2-4-12/h8-10,13H,1-7,11H2/t8-,9-/m1/s1. The molecule has 13 heavy (non-hydrogen) atoms. The van der Waals surface area contributed by atoms with E-state index in [4.69, 9.17) is 5.73 Å². The predicted molar refractivity (Wildman–Crippen MR) is 52.3 cm³/mol. The first kappa shape index (κ1) is 9.44. The number of nitrogens with two attached hydrogens (primary N) is 1. The molecule has 0 aromatic carbocycles. The number of aliphatic hydroxyl groups excluding tert-OH is 1. The van der Waals surface area contributed by atoms with Crippen LogP contribution in [-0.4, -0.2) is 42.3 Å². The first-order valence-electron chi connectivity index (χ1n) is 5.40. The molecule has 0 radical (unpaired) electrons. The average Bonchev–Trinajstić information content (AvgIpc) is 2.88. The normalized spacial score (nSPS) is 36.5. The summed E-state index contributed by atoms with van der Waals surface area (Å²) in [4.78, 5) is 2.48. The van der Waals surface area contributed by atoms with Crippen molar-refractivity contribution >= 4 is 0 Å². The van der Waals surface area contributed by atoms with Gasteiger partial charge in [-0.1, -0.05) is 0 Å². The Labute approximate surface area is 79.9 Å². The summed E-state index contributed by atoms with van der Waals surface area (Å²) in [6, 6.07) is 0. The second kappa shape index (κ2) is 3.95. The van der Waals surface area contributed by atoms with Gasteiger partial charge >= 0.3 is 0 Å². The number of piperidine rings is 1. The molecule has 2 fully saturated rings. The monoisotopic (exact) mass is 184 g/mol. The van der Waals surface area contributed by atoms with E-state index in [1.54, 1.807) is 0 Å². The maximum absolute atomic E-state index is 9.33. The third-order valence-electron chi connectivity index (χ3n) is 3.42. The number of likely N-dealkylation sites (tertiary alicyclic amines) is 1. The van der Waals surface area contributed by atoms with E-state index >= 15 is 0 Å². The Balaban J connectivity index is 1.66. The lowest BCUT2D eigenvalue weighted by molar-refractivity contribution is 0.0798. The molecule has 0 amide bonds. The van der Waals surface area contributed by atoms with Crippen molar-refractivity contribution in [1.82, 2.24) is 4.90 Å². The highest BCUT2D eigenvalue weighted by Gasteiger charge is 2.37. The molecule has 2 atom stereocenters. The van der Waals surface area contributed by atoms with Crippen LogP contribution in [0.4, 0.5) is 0 Å². The van der Waals surface area contributed by atoms with Crippen LogP contribution in [0.1, 0.15) is 19.3 Å². The van der Waals surface area contributed by atoms with Gasteiger partial charge in [0.25, 0.3) is 0 Å². The molecule has 0 spiro atoms. The summed E-state index contributed by atoms with van der Waals surface area (Å²) < 4.78 is 0. The zero-order valence-corrected chi connectivity index (χ0v) is 8.15. The van der Waals surface area contributed by atoms with Crippen molar-refractivity contribution in [2.24, 2.45) is 17.6 Å². The van der Waals surface area contributed by atoms with Crippen molar-refractivity contribution in [3.05, 3.63) is 0 Å². The van der Waals surface area contributed by atoms with Gasteiger partial charge in [0, 0.05) is 19.6 Å². The summed E-state index contributed by atoms with van der Waals surface area (Å²) in [5.41, 5.74) is 5.59. The van der Waals surface area contributed by atoms with Gasteiger partial charge in [-0.25, -0.2) is 0 Å². The van der Waals surface area contributed by atoms with Gasteiger partial charge in [0.15, 0.2) is 0 Å². The van der Waals surface area contributed by atoms with Crippen molar-refractivity contribution in [3.63, 3.8) is 0 Å². The highest BCUT2D eigenvalue weighted by molar-refractivity contribution is 4.89. The van der Waals surface area contributed by atoms with E-state index < -0.39 is 0 Å². The quantitative estimate of drug-likeness (QED) is 0.651. The van der Waals surface area contributed by atoms with E-state index in [-0.39, 0.29) is 6.10 Å². The van der Waals surface area contributed by atoms with Crippen LogP contribution >= 0.6 is 0 Å². The molecule has 1 saturated heterocycles. The first-order valence-corrected chi connectivity index (χ1v) is 5.40. The molecule has 1 aliphatic heterocycles. The van der Waals surface area contributed by atoms with Crippen molar-refractivity contribution < 1.29 is 5.11 Å². The lowest BCUT2D eigenvalue weighted by Crippen LogP contribution is -2.37. The fourth-order valence-electron chi connectivity index (χ4n) is 2.26. The SMILES string of the molecule is NC[C@H]1C[C@@H]1CN1CCC(O)CC1. The Morgan fingerprint density at radius 1 is 1.23 bits per heavy atom. The van der Waals surface area contributed by atoms with E-state index in [2.05, 4.69) is 4.90 Å². The third-order valence-corrected chi connectivity index (χ3v) is 3.42. The summed E-state index contributed by atoms with van der Waals surface area (Å²) >= 11 is 0. The van der Waals surface area contributed by atoms with Crippen LogP contribution in [0.3, 0.4) is 0 Å². The number of hydrogen-bond donors (Lipinski definition) is 2. The van der Waals surface area contributed by atoms with Crippen molar-refractivity contribution in [2.45, 2.75) is 25.4 Å². The van der Waals surface area contributed by atoms with Crippen LogP contribution in [-0.2, 0) is 0 Å². The van der Waals surface area contributed by atoms with Gasteiger partial charge in [-0.15, -0.1) is 0 Å². The Morgan fingerprint density at radius 2 is 1.92 bits per heavy atom. The lowest BCUT2D eigenvalue weighted by Gasteiger charge is -2.29. The fraction of sp³-hybridized carbons (Fsp3) is 1.00. The predicted octanol–water partition coefficient (Wildman–Crippen LogP) is 0.0379. The first-order chi connectivity index (χ1) is 6.29. The summed E-state index contributed by atoms with van der Waals surface area (Å²) in [5, 5.41) is 9.33. The largest absolute Gasteiger partial charge is 0.393 e. The van der Waals surface area contributed by atoms with E-state index in [9.17, 15) is 5.11 Å². The molecule has 2 rings (SSSR count). The molecule has 3 N–H and O–H groups in total. The summed E-state index contributed by atoms with van der Waals surface area (Å²) in [5.74, 6) is 1.66. The van der Waals surface area contributed by atoms with Gasteiger partial charge in [-0.2, -0.15) is 0 Å². The average molecular weight is 184 g/mol. The molecule has 1 heterocycles. The van der Waals surface area contributed by atoms with Gasteiger partial charge in [0.1, 0.15) is 0 Å². The van der Waals surface area contributed by atoms with Gasteiger partial charge in [0.2, 0.25) is 0 Å². The van der Waals surface area contributed by atoms with E-state index in [0.29, 0.717) is 0 Å². The van der Waals surface area contributed by atoms with Crippen LogP contribution in [0, 0.1) is 11.8 Å². The minimum atomic E-state index is -0.0410. The minimum absolute atomic E-state index is 0.0410. The van der Waals surface area contributed by atoms with Crippen LogP contribution in [0.15, 0.2) is 0 Å². The topological polar surface area (TPSA) is 49.5 Å². The smallest absolute Gasteiger partial charge is 0.0564 e. The van der Waals surface area contributed by atoms with Crippen LogP contribution < -0.4 is 5.73 Å². The summed E-state index contributed by atoms with van der Waals surface area (Å²) in [7, 11) is 0. The van der Waals surface area contributed by atoms with Gasteiger partial charge in [-0.05, 0) is 37.6 Å². The van der Waals surface area contributed by atoms with E-state index in [1.807, 2.05) is 0 Å². The Morgan fingerprint density at radius 3 is 2.46 bits per heavy atom. The maximum Gasteiger partial charge on any atom is 0.0564 e. The van der Waals surface area contributed by atoms with Gasteiger partial charge in [-0.3, -0.25) is 0 Å². The highest BCUT2D eigenvalue weighted by Crippen LogP contribution is 2.38. The van der Waals surface area contributed by atoms with Crippen molar-refractivity contribution in [3.8, 4) is 0 Å². The van der Waals surface area contributed by atoms with Crippen LogP contribution in [0.2, 0.25) is 0 Å². The van der Waals surface area contributed by atoms with E-state index in [0.717, 1.165) is 44.3 Å². The maximum atomic E-state index is 9.33. The van der Waals surface area contributed by atoms with Gasteiger partial charge in [0.05, 0.1) is 6.10 Å². The van der Waals surface area contributed by atoms with Gasteiger partial charge < -0.3 is 15.7 Å². The Hall–Kier alpha value is -0.120. The molecule has 76 valence electrons. The molecule has 2 aliphatic rings. The van der Waals surface area contributed by atoms with Crippen LogP contribution in [0.25, 0.3) is 0 Å². The minimum Gasteiger partial charge on any atom is -0.393 e. The van der Waals surface area contributed by atoms with E-state index in [1.165, 1.54) is 13.0 Å². The van der Waals surface area contributed by atoms with Crippen LogP contribution in [0.5, 0.6) is 0 Å². The Bertz CT molecular complexity index is 166. The molecule has 3 nitrogen and oxygen atoms in total. The number of nitrogens with zero attached hydrogens (tertiary/aromatic N) is 1. The number of rotatable bonds is 3. The molecular formula is C10H20N2O. The lowest BCUT2D eigenvalue weighted by atomic mass is 10.1. The summed E-state index contributed by atoms with van der Waals surface area (Å²) in [6.45, 7) is 4.24. The number of hydrogen-bond acceptors (Lipinski definition) is 3. The second-order valence-electron chi connectivity index (χ2n) is 4.52. The molecular weight excluding hydrogens is 164 g/mol. The molecule has 0 aromatic heterocycles. The Kier molecular flexibility index (Phi) is 2.86. The molecule has 1 aliphatic carbocycles. The zero-order chi connectivity index (χ0) is 9.26. The molecule has 1 saturated carbocycles. The third kappa shape index (κ3) is 2.42. The summed E-state index contributed by atoms with van der Waals surface area (Å²) in [6.07, 6.45) is 3.20. The zero-order valence-electron chi connectivity index (χ0n) is 8.15.